The van der Waals surface area contributed by atoms with E-state index in [2.05, 4.69) is 20.6 Å². The highest BCUT2D eigenvalue weighted by Gasteiger charge is 2.09. The smallest absolute Gasteiger partial charge is 0.250 e. The first-order valence-electron chi connectivity index (χ1n) is 8.83. The molecule has 0 spiro atoms. The fourth-order valence-electron chi connectivity index (χ4n) is 2.67. The van der Waals surface area contributed by atoms with Crippen LogP contribution in [-0.2, 0) is 4.79 Å². The van der Waals surface area contributed by atoms with Crippen molar-refractivity contribution in [2.24, 2.45) is 0 Å². The van der Waals surface area contributed by atoms with Crippen LogP contribution in [0.4, 0.5) is 5.69 Å². The molecule has 1 amide bonds. The van der Waals surface area contributed by atoms with Crippen LogP contribution < -0.4 is 10.6 Å². The highest BCUT2D eigenvalue weighted by molar-refractivity contribution is 7.80. The van der Waals surface area contributed by atoms with Gasteiger partial charge in [-0.2, -0.15) is 0 Å². The van der Waals surface area contributed by atoms with E-state index < -0.39 is 0 Å². The van der Waals surface area contributed by atoms with Gasteiger partial charge in [0.05, 0.1) is 5.56 Å². The molecule has 0 saturated carbocycles. The number of rotatable bonds is 4. The Labute approximate surface area is 172 Å². The Morgan fingerprint density at radius 1 is 1.07 bits per heavy atom. The van der Waals surface area contributed by atoms with Crippen LogP contribution in [0.2, 0.25) is 0 Å². The van der Waals surface area contributed by atoms with Gasteiger partial charge in [-0.3, -0.25) is 15.1 Å². The molecule has 0 fully saturated rings. The Kier molecular flexibility index (Phi) is 5.40. The van der Waals surface area contributed by atoms with Crippen LogP contribution in [-0.4, -0.2) is 21.0 Å². The predicted octanol–water partition coefficient (Wildman–Crippen LogP) is 4.42. The summed E-state index contributed by atoms with van der Waals surface area (Å²) in [5.74, 6) is 0.180. The third-order valence-electron chi connectivity index (χ3n) is 4.02. The summed E-state index contributed by atoms with van der Waals surface area (Å²) in [5.41, 5.74) is 3.75. The lowest BCUT2D eigenvalue weighted by Crippen LogP contribution is -2.32. The van der Waals surface area contributed by atoms with Crippen LogP contribution in [0.25, 0.3) is 28.6 Å². The largest absolute Gasteiger partial charge is 0.436 e. The summed E-state index contributed by atoms with van der Waals surface area (Å²) in [6.45, 7) is 0. The van der Waals surface area contributed by atoms with E-state index in [0.717, 1.165) is 11.1 Å². The Morgan fingerprint density at radius 2 is 1.93 bits per heavy atom. The van der Waals surface area contributed by atoms with Gasteiger partial charge in [-0.1, -0.05) is 30.3 Å². The maximum absolute atomic E-state index is 12.0. The lowest BCUT2D eigenvalue weighted by molar-refractivity contribution is -0.115. The molecule has 0 radical (unpaired) electrons. The molecule has 2 heterocycles. The predicted molar refractivity (Wildman–Crippen MR) is 117 cm³/mol. The van der Waals surface area contributed by atoms with E-state index in [0.29, 0.717) is 22.7 Å². The van der Waals surface area contributed by atoms with E-state index in [1.165, 1.54) is 6.08 Å². The fraction of sp³-hybridized carbons (Fsp3) is 0. The van der Waals surface area contributed by atoms with Crippen molar-refractivity contribution in [3.63, 3.8) is 0 Å². The van der Waals surface area contributed by atoms with E-state index in [1.807, 2.05) is 42.5 Å². The molecule has 2 N–H and O–H groups in total. The lowest BCUT2D eigenvalue weighted by atomic mass is 10.2. The molecule has 0 aliphatic carbocycles. The van der Waals surface area contributed by atoms with E-state index in [9.17, 15) is 4.79 Å². The molecule has 0 bridgehead atoms. The molecule has 0 aliphatic heterocycles. The third-order valence-corrected chi connectivity index (χ3v) is 4.22. The van der Waals surface area contributed by atoms with Crippen molar-refractivity contribution in [2.75, 3.05) is 5.32 Å². The number of nitrogens with one attached hydrogen (secondary N) is 2. The monoisotopic (exact) mass is 400 g/mol. The van der Waals surface area contributed by atoms with Crippen molar-refractivity contribution in [1.29, 1.82) is 0 Å². The molecule has 0 saturated heterocycles. The van der Waals surface area contributed by atoms with Gasteiger partial charge in [0, 0.05) is 24.2 Å². The molecule has 2 aromatic carbocycles. The van der Waals surface area contributed by atoms with E-state index >= 15 is 0 Å². The molecule has 0 atom stereocenters. The van der Waals surface area contributed by atoms with Crippen LogP contribution in [0, 0.1) is 0 Å². The average molecular weight is 400 g/mol. The number of thiocarbonyl (C=S) groups is 1. The van der Waals surface area contributed by atoms with Crippen molar-refractivity contribution >= 4 is 46.1 Å². The normalized spacial score (nSPS) is 10.9. The van der Waals surface area contributed by atoms with Crippen molar-refractivity contribution in [2.45, 2.75) is 0 Å². The Balaban J connectivity index is 1.41. The van der Waals surface area contributed by atoms with Crippen molar-refractivity contribution in [1.82, 2.24) is 15.3 Å². The fourth-order valence-corrected chi connectivity index (χ4v) is 2.89. The molecule has 142 valence electrons. The number of anilines is 1. The second-order valence-corrected chi connectivity index (χ2v) is 6.54. The van der Waals surface area contributed by atoms with Crippen LogP contribution in [0.5, 0.6) is 0 Å². The number of carbonyl (C=O) groups is 1. The molecule has 0 aliphatic rings. The standard InChI is InChI=1S/C22H16N4O2S/c27-20(11-8-15-5-2-1-3-6-15)26-22(29)24-17-9-10-19-18(13-17)25-21(28-19)16-7-4-12-23-14-16/h1-14H,(H2,24,26,27,29)/b11-8+. The van der Waals surface area contributed by atoms with Crippen molar-refractivity contribution in [3.05, 3.63) is 84.7 Å². The summed E-state index contributed by atoms with van der Waals surface area (Å²) in [6.07, 6.45) is 6.54. The zero-order valence-corrected chi connectivity index (χ0v) is 16.0. The molecule has 7 heteroatoms. The lowest BCUT2D eigenvalue weighted by Gasteiger charge is -2.07. The Bertz CT molecular complexity index is 1190. The van der Waals surface area contributed by atoms with Crippen molar-refractivity contribution in [3.8, 4) is 11.5 Å². The summed E-state index contributed by atoms with van der Waals surface area (Å²) >= 11 is 5.22. The van der Waals surface area contributed by atoms with Gasteiger partial charge in [0.15, 0.2) is 10.7 Å². The highest BCUT2D eigenvalue weighted by atomic mass is 32.1. The molecular formula is C22H16N4O2S. The summed E-state index contributed by atoms with van der Waals surface area (Å²) in [6, 6.07) is 18.7. The highest BCUT2D eigenvalue weighted by Crippen LogP contribution is 2.25. The van der Waals surface area contributed by atoms with Gasteiger partial charge in [-0.05, 0) is 54.2 Å². The number of amides is 1. The number of carbonyl (C=O) groups excluding carboxylic acids is 1. The first-order valence-corrected chi connectivity index (χ1v) is 9.24. The van der Waals surface area contributed by atoms with Crippen LogP contribution in [0.15, 0.2) is 83.6 Å². The third kappa shape index (κ3) is 4.72. The quantitative estimate of drug-likeness (QED) is 0.390. The average Bonchev–Trinajstić information content (AvgIpc) is 3.17. The van der Waals surface area contributed by atoms with Gasteiger partial charge in [0.25, 0.3) is 0 Å². The maximum atomic E-state index is 12.0. The molecule has 4 rings (SSSR count). The number of pyridine rings is 1. The van der Waals surface area contributed by atoms with E-state index in [1.54, 1.807) is 36.7 Å². The molecule has 6 nitrogen and oxygen atoms in total. The molecule has 2 aromatic heterocycles. The molecule has 0 unspecified atom stereocenters. The second kappa shape index (κ2) is 8.45. The van der Waals surface area contributed by atoms with Crippen LogP contribution in [0.1, 0.15) is 5.56 Å². The number of oxazole rings is 1. The Morgan fingerprint density at radius 3 is 2.72 bits per heavy atom. The Hall–Kier alpha value is -3.84. The van der Waals surface area contributed by atoms with E-state index in [4.69, 9.17) is 16.6 Å². The molecular weight excluding hydrogens is 384 g/mol. The SMILES string of the molecule is O=C(/C=C/c1ccccc1)NC(=S)Nc1ccc2oc(-c3cccnc3)nc2c1. The minimum atomic E-state index is -0.312. The van der Waals surface area contributed by atoms with E-state index in [-0.39, 0.29) is 11.0 Å². The number of hydrogen-bond acceptors (Lipinski definition) is 5. The summed E-state index contributed by atoms with van der Waals surface area (Å²) in [7, 11) is 0. The summed E-state index contributed by atoms with van der Waals surface area (Å²) < 4.78 is 5.76. The van der Waals surface area contributed by atoms with Crippen LogP contribution in [0.3, 0.4) is 0 Å². The van der Waals surface area contributed by atoms with Crippen molar-refractivity contribution < 1.29 is 9.21 Å². The summed E-state index contributed by atoms with van der Waals surface area (Å²) in [4.78, 5) is 20.6. The van der Waals surface area contributed by atoms with Gasteiger partial charge < -0.3 is 9.73 Å². The second-order valence-electron chi connectivity index (χ2n) is 6.13. The molecule has 29 heavy (non-hydrogen) atoms. The van der Waals surface area contributed by atoms with Gasteiger partial charge in [0.1, 0.15) is 5.52 Å². The number of fused-ring (bicyclic) bond motifs is 1. The first kappa shape index (κ1) is 18.5. The number of hydrogen-bond donors (Lipinski definition) is 2. The first-order chi connectivity index (χ1) is 14.2. The topological polar surface area (TPSA) is 80.0 Å². The minimum Gasteiger partial charge on any atom is -0.436 e. The maximum Gasteiger partial charge on any atom is 0.250 e. The molecule has 4 aromatic rings. The van der Waals surface area contributed by atoms with Crippen LogP contribution >= 0.6 is 12.2 Å². The zero-order chi connectivity index (χ0) is 20.1. The van der Waals surface area contributed by atoms with Gasteiger partial charge >= 0.3 is 0 Å². The minimum absolute atomic E-state index is 0.197. The van der Waals surface area contributed by atoms with Gasteiger partial charge in [-0.15, -0.1) is 0 Å². The zero-order valence-electron chi connectivity index (χ0n) is 15.2. The summed E-state index contributed by atoms with van der Waals surface area (Å²) in [5, 5.41) is 5.80. The van der Waals surface area contributed by atoms with Gasteiger partial charge in [0.2, 0.25) is 11.8 Å². The number of nitrogens with zero attached hydrogens (tertiary/aromatic N) is 2. The number of aromatic nitrogens is 2. The van der Waals surface area contributed by atoms with Gasteiger partial charge in [-0.25, -0.2) is 4.98 Å². The number of benzene rings is 2.